The Hall–Kier alpha value is -1.71. The lowest BCUT2D eigenvalue weighted by Crippen LogP contribution is -2.06. The second-order valence-electron chi connectivity index (χ2n) is 6.51. The van der Waals surface area contributed by atoms with E-state index < -0.39 is 0 Å². The Morgan fingerprint density at radius 3 is 2.41 bits per heavy atom. The number of anilines is 1. The molecule has 0 aliphatic carbocycles. The van der Waals surface area contributed by atoms with Gasteiger partial charge in [0.25, 0.3) is 0 Å². The van der Waals surface area contributed by atoms with Crippen molar-refractivity contribution in [1.29, 1.82) is 0 Å². The van der Waals surface area contributed by atoms with Crippen molar-refractivity contribution in [2.45, 2.75) is 46.1 Å². The van der Waals surface area contributed by atoms with E-state index in [1.807, 2.05) is 17.7 Å². The molecule has 144 valence electrons. The van der Waals surface area contributed by atoms with Crippen LogP contribution < -0.4 is 5.32 Å². The van der Waals surface area contributed by atoms with Crippen LogP contribution in [0.1, 0.15) is 48.9 Å². The number of benzene rings is 2. The Morgan fingerprint density at radius 2 is 1.81 bits per heavy atom. The smallest absolute Gasteiger partial charge is 0.0757 e. The molecule has 0 bridgehead atoms. The highest BCUT2D eigenvalue weighted by atomic mass is 35.5. The monoisotopic (exact) mass is 400 g/mol. The number of hydrogen-bond donors (Lipinski definition) is 1. The van der Waals surface area contributed by atoms with E-state index in [9.17, 15) is 0 Å². The van der Waals surface area contributed by atoms with E-state index in [0.717, 1.165) is 54.2 Å². The van der Waals surface area contributed by atoms with Gasteiger partial charge in [0.2, 0.25) is 0 Å². The Bertz CT molecular complexity index is 782. The normalized spacial score (nSPS) is 11.5. The van der Waals surface area contributed by atoms with Crippen LogP contribution in [0.3, 0.4) is 0 Å². The average molecular weight is 401 g/mol. The summed E-state index contributed by atoms with van der Waals surface area (Å²) in [6, 6.07) is 12.6. The summed E-state index contributed by atoms with van der Waals surface area (Å²) in [4.78, 5) is 4.10. The molecule has 0 amide bonds. The topological polar surface area (TPSA) is 24.4 Å². The highest BCUT2D eigenvalue weighted by Crippen LogP contribution is 2.31. The molecule has 2 nitrogen and oxygen atoms in total. The third-order valence-electron chi connectivity index (χ3n) is 4.50. The van der Waals surface area contributed by atoms with E-state index in [4.69, 9.17) is 11.6 Å². The molecule has 2 rings (SSSR count). The third-order valence-corrected chi connectivity index (χ3v) is 5.27. The van der Waals surface area contributed by atoms with Crippen LogP contribution in [0.15, 0.2) is 46.8 Å². The van der Waals surface area contributed by atoms with Gasteiger partial charge in [-0.05, 0) is 54.0 Å². The number of nitrogens with one attached hydrogen (secondary N) is 1. The minimum atomic E-state index is 0.745. The van der Waals surface area contributed by atoms with Crippen molar-refractivity contribution < 1.29 is 0 Å². The molecular formula is C23H29ClN2S. The zero-order chi connectivity index (χ0) is 19.6. The lowest BCUT2D eigenvalue weighted by atomic mass is 9.97. The molecule has 0 saturated heterocycles. The minimum absolute atomic E-state index is 0.745. The molecule has 1 N–H and O–H groups in total. The second kappa shape index (κ2) is 11.2. The van der Waals surface area contributed by atoms with E-state index in [0.29, 0.717) is 0 Å². The molecule has 2 aromatic rings. The van der Waals surface area contributed by atoms with Gasteiger partial charge >= 0.3 is 0 Å². The van der Waals surface area contributed by atoms with Crippen LogP contribution in [-0.4, -0.2) is 13.0 Å². The fourth-order valence-corrected chi connectivity index (χ4v) is 3.86. The molecule has 27 heavy (non-hydrogen) atoms. The number of hydrogen-bond acceptors (Lipinski definition) is 3. The van der Waals surface area contributed by atoms with Gasteiger partial charge in [0.15, 0.2) is 0 Å². The van der Waals surface area contributed by atoms with E-state index in [1.54, 1.807) is 11.8 Å². The predicted octanol–water partition coefficient (Wildman–Crippen LogP) is 7.22. The van der Waals surface area contributed by atoms with Crippen LogP contribution in [0.2, 0.25) is 5.02 Å². The standard InChI is InChI=1S/C23H29ClN2S/c1-5-7-18-13-14-21(24)23(20(18)8-6-2)26-15-17-9-11-19(12-10-17)22(25-3)16-27-4/h9-14,16,26H,3,5-8,15H2,1-2,4H3/b22-16-. The Labute approximate surface area is 173 Å². The molecule has 0 atom stereocenters. The van der Waals surface area contributed by atoms with Gasteiger partial charge < -0.3 is 5.32 Å². The Balaban J connectivity index is 2.19. The summed E-state index contributed by atoms with van der Waals surface area (Å²) in [5, 5.41) is 6.39. The molecule has 0 radical (unpaired) electrons. The number of aliphatic imine (C=N–C) groups is 1. The number of halogens is 1. The van der Waals surface area contributed by atoms with E-state index >= 15 is 0 Å². The first kappa shape index (κ1) is 21.6. The van der Waals surface area contributed by atoms with Crippen LogP contribution >= 0.6 is 23.4 Å². The van der Waals surface area contributed by atoms with Gasteiger partial charge in [-0.25, -0.2) is 0 Å². The molecule has 0 aromatic heterocycles. The highest BCUT2D eigenvalue weighted by Gasteiger charge is 2.11. The van der Waals surface area contributed by atoms with E-state index in [1.165, 1.54) is 16.7 Å². The SMILES string of the molecule is C=N/C(=C\SC)c1ccc(CNc2c(Cl)ccc(CCC)c2CCC)cc1. The summed E-state index contributed by atoms with van der Waals surface area (Å²) < 4.78 is 0. The maximum Gasteiger partial charge on any atom is 0.0757 e. The third kappa shape index (κ3) is 5.88. The summed E-state index contributed by atoms with van der Waals surface area (Å²) in [6.07, 6.45) is 6.41. The maximum atomic E-state index is 6.53. The lowest BCUT2D eigenvalue weighted by Gasteiger charge is -2.18. The maximum absolute atomic E-state index is 6.53. The lowest BCUT2D eigenvalue weighted by molar-refractivity contribution is 0.860. The van der Waals surface area contributed by atoms with Gasteiger partial charge in [0.05, 0.1) is 16.4 Å². The van der Waals surface area contributed by atoms with Crippen LogP contribution in [-0.2, 0) is 19.4 Å². The summed E-state index contributed by atoms with van der Waals surface area (Å²) >= 11 is 8.16. The van der Waals surface area contributed by atoms with Crippen molar-refractivity contribution in [3.63, 3.8) is 0 Å². The van der Waals surface area contributed by atoms with Crippen LogP contribution in [0.4, 0.5) is 5.69 Å². The summed E-state index contributed by atoms with van der Waals surface area (Å²) in [5.74, 6) is 0. The molecule has 0 spiro atoms. The summed E-state index contributed by atoms with van der Waals surface area (Å²) in [5.41, 5.74) is 7.06. The van der Waals surface area contributed by atoms with Gasteiger partial charge in [0, 0.05) is 12.1 Å². The average Bonchev–Trinajstić information content (AvgIpc) is 2.68. The molecule has 0 saturated carbocycles. The van der Waals surface area contributed by atoms with Gasteiger partial charge in [-0.1, -0.05) is 68.6 Å². The van der Waals surface area contributed by atoms with Crippen LogP contribution in [0.5, 0.6) is 0 Å². The van der Waals surface area contributed by atoms with Crippen LogP contribution in [0, 0.1) is 0 Å². The molecule has 0 fully saturated rings. The molecule has 0 unspecified atom stereocenters. The summed E-state index contributed by atoms with van der Waals surface area (Å²) in [7, 11) is 0. The van der Waals surface area contributed by atoms with Crippen molar-refractivity contribution in [1.82, 2.24) is 0 Å². The van der Waals surface area contributed by atoms with E-state index in [-0.39, 0.29) is 0 Å². The van der Waals surface area contributed by atoms with Crippen molar-refractivity contribution >= 4 is 41.5 Å². The van der Waals surface area contributed by atoms with Crippen molar-refractivity contribution in [3.8, 4) is 0 Å². The number of rotatable bonds is 10. The molecule has 0 heterocycles. The molecule has 2 aromatic carbocycles. The second-order valence-corrected chi connectivity index (χ2v) is 7.62. The summed E-state index contributed by atoms with van der Waals surface area (Å²) in [6.45, 7) is 8.84. The minimum Gasteiger partial charge on any atom is -0.380 e. The van der Waals surface area contributed by atoms with Gasteiger partial charge in [-0.15, -0.1) is 11.8 Å². The molecule has 0 aliphatic rings. The number of nitrogens with zero attached hydrogens (tertiary/aromatic N) is 1. The fraction of sp³-hybridized carbons (Fsp3) is 0.348. The predicted molar refractivity (Wildman–Crippen MR) is 124 cm³/mol. The van der Waals surface area contributed by atoms with Gasteiger partial charge in [0.1, 0.15) is 0 Å². The Kier molecular flexibility index (Phi) is 8.96. The molecule has 4 heteroatoms. The quantitative estimate of drug-likeness (QED) is 0.425. The largest absolute Gasteiger partial charge is 0.380 e. The Morgan fingerprint density at radius 1 is 1.11 bits per heavy atom. The fourth-order valence-electron chi connectivity index (χ4n) is 3.18. The number of thioether (sulfide) groups is 1. The number of aryl methyl sites for hydroxylation is 1. The first-order valence-electron chi connectivity index (χ1n) is 9.47. The van der Waals surface area contributed by atoms with Crippen LogP contribution in [0.25, 0.3) is 5.70 Å². The van der Waals surface area contributed by atoms with E-state index in [2.05, 4.69) is 61.2 Å². The van der Waals surface area contributed by atoms with Crippen molar-refractivity contribution in [2.75, 3.05) is 11.6 Å². The molecular weight excluding hydrogens is 372 g/mol. The van der Waals surface area contributed by atoms with Gasteiger partial charge in [-0.3, -0.25) is 4.99 Å². The van der Waals surface area contributed by atoms with Crippen molar-refractivity contribution in [3.05, 3.63) is 69.1 Å². The van der Waals surface area contributed by atoms with Crippen molar-refractivity contribution in [2.24, 2.45) is 4.99 Å². The zero-order valence-electron chi connectivity index (χ0n) is 16.5. The van der Waals surface area contributed by atoms with Gasteiger partial charge in [-0.2, -0.15) is 0 Å². The molecule has 0 aliphatic heterocycles. The zero-order valence-corrected chi connectivity index (χ0v) is 18.1. The first-order chi connectivity index (χ1) is 13.1. The first-order valence-corrected chi connectivity index (χ1v) is 11.1. The highest BCUT2D eigenvalue weighted by molar-refractivity contribution is 8.01.